The van der Waals surface area contributed by atoms with Crippen molar-refractivity contribution < 1.29 is 14.3 Å². The van der Waals surface area contributed by atoms with E-state index in [1.54, 1.807) is 37.3 Å². The Morgan fingerprint density at radius 1 is 1.16 bits per heavy atom. The van der Waals surface area contributed by atoms with Gasteiger partial charge in [0.1, 0.15) is 0 Å². The highest BCUT2D eigenvalue weighted by Crippen LogP contribution is 2.32. The lowest BCUT2D eigenvalue weighted by molar-refractivity contribution is -0.138. The highest BCUT2D eigenvalue weighted by atomic mass is 35.5. The molecule has 0 atom stereocenters. The zero-order chi connectivity index (χ0) is 22.5. The Balaban J connectivity index is 2.01. The molecule has 0 radical (unpaired) electrons. The minimum Gasteiger partial charge on any atom is -0.461 e. The molecule has 1 heterocycles. The van der Waals surface area contributed by atoms with E-state index >= 15 is 0 Å². The molecule has 6 N–H and O–H groups in total. The predicted molar refractivity (Wildman–Crippen MR) is 125 cm³/mol. The number of hydrogen-bond acceptors (Lipinski definition) is 8. The van der Waals surface area contributed by atoms with Crippen LogP contribution in [0.15, 0.2) is 42.1 Å². The first kappa shape index (κ1) is 23.0. The number of halogens is 2. The molecule has 1 aliphatic rings. The summed E-state index contributed by atoms with van der Waals surface area (Å²) in [5.74, 6) is 5.64. The van der Waals surface area contributed by atoms with Crippen LogP contribution in [0.4, 0.5) is 17.1 Å². The summed E-state index contributed by atoms with van der Waals surface area (Å²) in [7, 11) is 0. The third-order valence-corrected chi connectivity index (χ3v) is 5.58. The number of nitrogens with two attached hydrogens (primary N) is 3. The summed E-state index contributed by atoms with van der Waals surface area (Å²) >= 11 is 12.1. The van der Waals surface area contributed by atoms with Crippen LogP contribution in [0.5, 0.6) is 0 Å². The van der Waals surface area contributed by atoms with Crippen LogP contribution in [0.1, 0.15) is 12.5 Å². The quantitative estimate of drug-likeness (QED) is 0.195. The third-order valence-electron chi connectivity index (χ3n) is 4.84. The number of ether oxygens (including phenoxy) is 2. The molecule has 2 aromatic carbocycles. The van der Waals surface area contributed by atoms with Crippen LogP contribution < -0.4 is 27.2 Å². The van der Waals surface area contributed by atoms with Crippen LogP contribution in [0, 0.1) is 0 Å². The summed E-state index contributed by atoms with van der Waals surface area (Å²) in [5.41, 5.74) is 14.8. The van der Waals surface area contributed by atoms with Crippen molar-refractivity contribution in [3.63, 3.8) is 0 Å². The van der Waals surface area contributed by atoms with E-state index in [1.807, 2.05) is 6.07 Å². The molecule has 0 spiro atoms. The van der Waals surface area contributed by atoms with Gasteiger partial charge in [0.05, 0.1) is 46.9 Å². The number of esters is 1. The van der Waals surface area contributed by atoms with Crippen molar-refractivity contribution in [2.24, 2.45) is 11.6 Å². The second-order valence-corrected chi connectivity index (χ2v) is 7.64. The molecule has 0 aromatic heterocycles. The Labute approximate surface area is 191 Å². The van der Waals surface area contributed by atoms with Gasteiger partial charge >= 0.3 is 5.97 Å². The maximum absolute atomic E-state index is 12.7. The number of nitrogen functional groups attached to an aromatic ring is 1. The molecule has 166 valence electrons. The van der Waals surface area contributed by atoms with Gasteiger partial charge in [-0.25, -0.2) is 10.6 Å². The zero-order valence-electron chi connectivity index (χ0n) is 17.1. The maximum Gasteiger partial charge on any atom is 0.358 e. The van der Waals surface area contributed by atoms with Crippen LogP contribution in [-0.4, -0.2) is 38.9 Å². The predicted octanol–water partition coefficient (Wildman–Crippen LogP) is 2.98. The minimum absolute atomic E-state index is 0.0638. The van der Waals surface area contributed by atoms with E-state index in [0.717, 1.165) is 23.8 Å². The van der Waals surface area contributed by atoms with Gasteiger partial charge in [0.15, 0.2) is 5.70 Å². The van der Waals surface area contributed by atoms with E-state index in [1.165, 1.54) is 0 Å². The normalized spacial score (nSPS) is 14.8. The first-order chi connectivity index (χ1) is 14.8. The number of benzene rings is 2. The molecule has 0 amide bonds. The Morgan fingerprint density at radius 2 is 1.87 bits per heavy atom. The van der Waals surface area contributed by atoms with Crippen molar-refractivity contribution in [2.45, 2.75) is 6.92 Å². The van der Waals surface area contributed by atoms with Gasteiger partial charge in [-0.3, -0.25) is 5.01 Å². The van der Waals surface area contributed by atoms with Crippen molar-refractivity contribution in [3.05, 3.63) is 57.7 Å². The average Bonchev–Trinajstić information content (AvgIpc) is 2.76. The van der Waals surface area contributed by atoms with Crippen LogP contribution in [0.2, 0.25) is 10.0 Å². The van der Waals surface area contributed by atoms with Crippen molar-refractivity contribution in [1.29, 1.82) is 0 Å². The number of hydrogen-bond donors (Lipinski definition) is 3. The fraction of sp³-hybridized carbons (Fsp3) is 0.286. The number of rotatable bonds is 6. The standard InChI is InChI=1S/C21H25Cl2N5O3/c1-2-31-21(29)20(19(25)13-3-5-15(22)16(23)11-13)28(26)18-6-4-14(12-17(18)24)27-7-9-30-10-8-27/h3-6,11-12H,2,7-10,24-26H2,1H3/b20-19+. The van der Waals surface area contributed by atoms with Crippen molar-refractivity contribution in [3.8, 4) is 0 Å². The highest BCUT2D eigenvalue weighted by molar-refractivity contribution is 6.42. The average molecular weight is 466 g/mol. The first-order valence-electron chi connectivity index (χ1n) is 9.72. The van der Waals surface area contributed by atoms with Gasteiger partial charge < -0.3 is 25.8 Å². The molecule has 0 saturated carbocycles. The monoisotopic (exact) mass is 465 g/mol. The lowest BCUT2D eigenvalue weighted by Gasteiger charge is -2.30. The Morgan fingerprint density at radius 3 is 2.48 bits per heavy atom. The number of carbonyl (C=O) groups is 1. The molecule has 0 aliphatic carbocycles. The van der Waals surface area contributed by atoms with Gasteiger partial charge in [-0.2, -0.15) is 0 Å². The molecule has 10 heteroatoms. The third kappa shape index (κ3) is 5.16. The largest absolute Gasteiger partial charge is 0.461 e. The second kappa shape index (κ2) is 10.1. The first-order valence-corrected chi connectivity index (χ1v) is 10.5. The van der Waals surface area contributed by atoms with Gasteiger partial charge in [0.2, 0.25) is 0 Å². The lowest BCUT2D eigenvalue weighted by atomic mass is 10.1. The van der Waals surface area contributed by atoms with E-state index in [-0.39, 0.29) is 18.0 Å². The SMILES string of the molecule is CCOC(=O)/C(=C(\N)c1ccc(Cl)c(Cl)c1)N(N)c1ccc(N2CCOCC2)cc1N. The Hall–Kier alpha value is -2.65. The molecule has 2 aromatic rings. The van der Waals surface area contributed by atoms with Crippen molar-refractivity contribution in [2.75, 3.05) is 48.6 Å². The Bertz CT molecular complexity index is 993. The number of hydrazine groups is 1. The number of nitrogens with zero attached hydrogens (tertiary/aromatic N) is 2. The molecular formula is C21H25Cl2N5O3. The van der Waals surface area contributed by atoms with Gasteiger partial charge in [0, 0.05) is 24.3 Å². The molecule has 8 nitrogen and oxygen atoms in total. The summed E-state index contributed by atoms with van der Waals surface area (Å²) in [5, 5.41) is 1.79. The zero-order valence-corrected chi connectivity index (χ0v) is 18.6. The molecule has 31 heavy (non-hydrogen) atoms. The van der Waals surface area contributed by atoms with E-state index in [9.17, 15) is 4.79 Å². The summed E-state index contributed by atoms with van der Waals surface area (Å²) < 4.78 is 10.6. The highest BCUT2D eigenvalue weighted by Gasteiger charge is 2.25. The van der Waals surface area contributed by atoms with Crippen LogP contribution in [-0.2, 0) is 14.3 Å². The molecule has 1 saturated heterocycles. The number of morpholine rings is 1. The van der Waals surface area contributed by atoms with Gasteiger partial charge in [-0.15, -0.1) is 0 Å². The fourth-order valence-electron chi connectivity index (χ4n) is 3.24. The smallest absolute Gasteiger partial charge is 0.358 e. The maximum atomic E-state index is 12.7. The second-order valence-electron chi connectivity index (χ2n) is 6.82. The fourth-order valence-corrected chi connectivity index (χ4v) is 3.54. The van der Waals surface area contributed by atoms with Crippen molar-refractivity contribution in [1.82, 2.24) is 0 Å². The Kier molecular flexibility index (Phi) is 7.50. The minimum atomic E-state index is -0.690. The number of anilines is 3. The molecule has 0 bridgehead atoms. The van der Waals surface area contributed by atoms with Gasteiger partial charge in [0.25, 0.3) is 0 Å². The van der Waals surface area contributed by atoms with E-state index in [4.69, 9.17) is 50.0 Å². The van der Waals surface area contributed by atoms with Crippen molar-refractivity contribution >= 4 is 51.9 Å². The lowest BCUT2D eigenvalue weighted by Crippen LogP contribution is -2.38. The van der Waals surface area contributed by atoms with Gasteiger partial charge in [-0.05, 0) is 37.3 Å². The summed E-state index contributed by atoms with van der Waals surface area (Å²) in [6.07, 6.45) is 0. The molecule has 0 unspecified atom stereocenters. The molecule has 1 fully saturated rings. The molecule has 1 aliphatic heterocycles. The van der Waals surface area contributed by atoms with E-state index in [0.29, 0.717) is 40.2 Å². The van der Waals surface area contributed by atoms with Gasteiger partial charge in [-0.1, -0.05) is 29.3 Å². The molecular weight excluding hydrogens is 441 g/mol. The van der Waals surface area contributed by atoms with Crippen LogP contribution >= 0.6 is 23.2 Å². The summed E-state index contributed by atoms with van der Waals surface area (Å²) in [6.45, 7) is 4.68. The van der Waals surface area contributed by atoms with Crippen LogP contribution in [0.25, 0.3) is 5.70 Å². The van der Waals surface area contributed by atoms with E-state index in [2.05, 4.69) is 4.90 Å². The summed E-state index contributed by atoms with van der Waals surface area (Å²) in [4.78, 5) is 14.9. The summed E-state index contributed by atoms with van der Waals surface area (Å²) in [6, 6.07) is 10.2. The molecule has 3 rings (SSSR count). The topological polar surface area (TPSA) is 120 Å². The number of carbonyl (C=O) groups excluding carboxylic acids is 1. The van der Waals surface area contributed by atoms with Crippen LogP contribution in [0.3, 0.4) is 0 Å². The van der Waals surface area contributed by atoms with E-state index < -0.39 is 5.97 Å².